The van der Waals surface area contributed by atoms with Gasteiger partial charge in [-0.1, -0.05) is 42.5 Å². The van der Waals surface area contributed by atoms with E-state index in [2.05, 4.69) is 84.1 Å². The largest absolute Gasteiger partial charge is 0.321 e. The van der Waals surface area contributed by atoms with Crippen molar-refractivity contribution in [2.75, 3.05) is 0 Å². The van der Waals surface area contributed by atoms with Gasteiger partial charge in [-0.25, -0.2) is 9.97 Å². The second kappa shape index (κ2) is 6.13. The Morgan fingerprint density at radius 3 is 2.55 bits per heavy atom. The Kier molecular flexibility index (Phi) is 3.53. The molecule has 0 bridgehead atoms. The Morgan fingerprint density at radius 2 is 1.66 bits per heavy atom. The van der Waals surface area contributed by atoms with Gasteiger partial charge in [0, 0.05) is 38.7 Å². The van der Waals surface area contributed by atoms with Crippen molar-refractivity contribution in [2.45, 2.75) is 19.9 Å². The Morgan fingerprint density at radius 1 is 0.828 bits per heavy atom. The van der Waals surface area contributed by atoms with Gasteiger partial charge in [-0.2, -0.15) is 0 Å². The van der Waals surface area contributed by atoms with Crippen LogP contribution in [-0.4, -0.2) is 14.5 Å². The third-order valence-electron chi connectivity index (χ3n) is 5.62. The molecule has 0 spiro atoms. The molecule has 6 rings (SSSR count). The first-order chi connectivity index (χ1) is 14.2. The van der Waals surface area contributed by atoms with E-state index in [4.69, 9.17) is 4.98 Å². The molecule has 0 aliphatic carbocycles. The smallest absolute Gasteiger partial charge is 0.142 e. The lowest BCUT2D eigenvalue weighted by Gasteiger charge is -2.13. The molecule has 0 N–H and O–H groups in total. The number of aromatic nitrogens is 3. The summed E-state index contributed by atoms with van der Waals surface area (Å²) in [5.41, 5.74) is 3.44. The first-order valence-corrected chi connectivity index (χ1v) is 10.7. The zero-order valence-corrected chi connectivity index (χ0v) is 17.1. The fourth-order valence-electron chi connectivity index (χ4n) is 4.35. The van der Waals surface area contributed by atoms with Crippen molar-refractivity contribution in [1.29, 1.82) is 0 Å². The van der Waals surface area contributed by atoms with E-state index in [1.54, 1.807) is 11.3 Å². The van der Waals surface area contributed by atoms with E-state index >= 15 is 0 Å². The van der Waals surface area contributed by atoms with Gasteiger partial charge in [0.15, 0.2) is 0 Å². The number of thiophene rings is 1. The highest BCUT2D eigenvalue weighted by molar-refractivity contribution is 7.26. The molecule has 0 aliphatic heterocycles. The van der Waals surface area contributed by atoms with E-state index in [0.29, 0.717) is 6.04 Å². The van der Waals surface area contributed by atoms with E-state index < -0.39 is 0 Å². The average Bonchev–Trinajstić information content (AvgIpc) is 3.32. The first kappa shape index (κ1) is 16.7. The number of imidazole rings is 1. The fourth-order valence-corrected chi connectivity index (χ4v) is 5.50. The number of fused-ring (bicyclic) bond motifs is 6. The van der Waals surface area contributed by atoms with E-state index in [0.717, 1.165) is 16.2 Å². The number of nitrogens with zero attached hydrogens (tertiary/aromatic N) is 3. The summed E-state index contributed by atoms with van der Waals surface area (Å²) in [6.07, 6.45) is 1.87. The standard InChI is InChI=1S/C25H19N3S/c1-15(2)28-21-13-12-16-7-3-4-8-17(16)22(21)27-24(28)20-10-5-9-18-19-11-6-14-26-25(19)29-23(18)20/h3-15H,1-2H3. The summed E-state index contributed by atoms with van der Waals surface area (Å²) in [6.45, 7) is 4.46. The maximum Gasteiger partial charge on any atom is 0.142 e. The van der Waals surface area contributed by atoms with Crippen LogP contribution in [0.1, 0.15) is 19.9 Å². The normalized spacial score (nSPS) is 12.1. The molecular weight excluding hydrogens is 374 g/mol. The zero-order valence-electron chi connectivity index (χ0n) is 16.3. The minimum absolute atomic E-state index is 0.305. The molecule has 0 amide bonds. The molecule has 3 nitrogen and oxygen atoms in total. The number of hydrogen-bond acceptors (Lipinski definition) is 3. The van der Waals surface area contributed by atoms with Gasteiger partial charge in [0.2, 0.25) is 0 Å². The van der Waals surface area contributed by atoms with Gasteiger partial charge >= 0.3 is 0 Å². The summed E-state index contributed by atoms with van der Waals surface area (Å²) in [5, 5.41) is 4.90. The molecule has 0 atom stereocenters. The Balaban J connectivity index is 1.75. The second-order valence-corrected chi connectivity index (χ2v) is 8.69. The zero-order chi connectivity index (χ0) is 19.5. The topological polar surface area (TPSA) is 30.7 Å². The van der Waals surface area contributed by atoms with Crippen molar-refractivity contribution >= 4 is 53.4 Å². The monoisotopic (exact) mass is 393 g/mol. The van der Waals surface area contributed by atoms with Crippen molar-refractivity contribution in [3.05, 3.63) is 72.9 Å². The van der Waals surface area contributed by atoms with E-state index in [1.165, 1.54) is 37.3 Å². The molecule has 0 fully saturated rings. The van der Waals surface area contributed by atoms with Crippen LogP contribution in [0.2, 0.25) is 0 Å². The van der Waals surface area contributed by atoms with Gasteiger partial charge in [-0.3, -0.25) is 0 Å². The molecule has 6 aromatic rings. The summed E-state index contributed by atoms with van der Waals surface area (Å²) in [6, 6.07) is 23.9. The number of pyridine rings is 1. The molecule has 0 unspecified atom stereocenters. The van der Waals surface area contributed by atoms with Crippen molar-refractivity contribution in [2.24, 2.45) is 0 Å². The molecule has 0 saturated heterocycles. The highest BCUT2D eigenvalue weighted by atomic mass is 32.1. The quantitative estimate of drug-likeness (QED) is 0.311. The Labute approximate surface area is 172 Å². The molecule has 4 heteroatoms. The van der Waals surface area contributed by atoms with Crippen LogP contribution in [0.5, 0.6) is 0 Å². The summed E-state index contributed by atoms with van der Waals surface area (Å²) in [4.78, 5) is 10.9. The Hall–Kier alpha value is -3.24. The lowest BCUT2D eigenvalue weighted by Crippen LogP contribution is -2.03. The SMILES string of the molecule is CC(C)n1c(-c2cccc3c2sc2ncccc23)nc2c3ccccc3ccc21. The molecule has 3 aromatic carbocycles. The van der Waals surface area contributed by atoms with Crippen molar-refractivity contribution in [3.8, 4) is 11.4 Å². The summed E-state index contributed by atoms with van der Waals surface area (Å²) >= 11 is 1.75. The van der Waals surface area contributed by atoms with Gasteiger partial charge in [-0.05, 0) is 43.5 Å². The maximum atomic E-state index is 5.20. The predicted octanol–water partition coefficient (Wildman–Crippen LogP) is 7.20. The lowest BCUT2D eigenvalue weighted by molar-refractivity contribution is 0.625. The first-order valence-electron chi connectivity index (χ1n) is 9.88. The van der Waals surface area contributed by atoms with E-state index in [-0.39, 0.29) is 0 Å². The second-order valence-electron chi connectivity index (χ2n) is 7.69. The van der Waals surface area contributed by atoms with Crippen LogP contribution in [0.15, 0.2) is 72.9 Å². The van der Waals surface area contributed by atoms with Crippen LogP contribution >= 0.6 is 11.3 Å². The van der Waals surface area contributed by atoms with Crippen LogP contribution in [0, 0.1) is 0 Å². The van der Waals surface area contributed by atoms with Crippen molar-refractivity contribution in [3.63, 3.8) is 0 Å². The molecule has 140 valence electrons. The van der Waals surface area contributed by atoms with Crippen LogP contribution in [0.4, 0.5) is 0 Å². The molecule has 0 saturated carbocycles. The van der Waals surface area contributed by atoms with Gasteiger partial charge in [0.05, 0.1) is 11.0 Å². The fraction of sp³-hybridized carbons (Fsp3) is 0.120. The summed E-state index contributed by atoms with van der Waals surface area (Å²) in [5.74, 6) is 1.03. The minimum Gasteiger partial charge on any atom is -0.321 e. The highest BCUT2D eigenvalue weighted by Crippen LogP contribution is 2.40. The van der Waals surface area contributed by atoms with Gasteiger partial charge in [0.1, 0.15) is 10.7 Å². The van der Waals surface area contributed by atoms with Gasteiger partial charge < -0.3 is 4.57 Å². The van der Waals surface area contributed by atoms with Crippen molar-refractivity contribution < 1.29 is 0 Å². The van der Waals surface area contributed by atoms with E-state index in [9.17, 15) is 0 Å². The van der Waals surface area contributed by atoms with Crippen LogP contribution in [0.3, 0.4) is 0 Å². The van der Waals surface area contributed by atoms with Crippen LogP contribution in [-0.2, 0) is 0 Å². The average molecular weight is 394 g/mol. The number of hydrogen-bond donors (Lipinski definition) is 0. The lowest BCUT2D eigenvalue weighted by atomic mass is 10.1. The molecule has 3 heterocycles. The van der Waals surface area contributed by atoms with Gasteiger partial charge in [-0.15, -0.1) is 11.3 Å². The van der Waals surface area contributed by atoms with Crippen LogP contribution < -0.4 is 0 Å². The summed E-state index contributed by atoms with van der Waals surface area (Å²) < 4.78 is 3.62. The van der Waals surface area contributed by atoms with Gasteiger partial charge in [0.25, 0.3) is 0 Å². The third kappa shape index (κ3) is 2.36. The number of rotatable bonds is 2. The molecule has 3 aromatic heterocycles. The molecule has 0 aliphatic rings. The third-order valence-corrected chi connectivity index (χ3v) is 6.78. The summed E-state index contributed by atoms with van der Waals surface area (Å²) in [7, 11) is 0. The minimum atomic E-state index is 0.305. The predicted molar refractivity (Wildman–Crippen MR) is 124 cm³/mol. The van der Waals surface area contributed by atoms with E-state index in [1.807, 2.05) is 12.3 Å². The maximum absolute atomic E-state index is 5.20. The number of benzene rings is 3. The van der Waals surface area contributed by atoms with Crippen molar-refractivity contribution in [1.82, 2.24) is 14.5 Å². The molecular formula is C25H19N3S. The Bertz CT molecular complexity index is 1540. The highest BCUT2D eigenvalue weighted by Gasteiger charge is 2.20. The van der Waals surface area contributed by atoms with Crippen LogP contribution in [0.25, 0.3) is 53.5 Å². The molecule has 0 radical (unpaired) electrons. The molecule has 29 heavy (non-hydrogen) atoms.